The fraction of sp³-hybridized carbons (Fsp3) is 0.476. The molecule has 2 aliphatic heterocycles. The van der Waals surface area contributed by atoms with Crippen LogP contribution in [0.25, 0.3) is 10.9 Å². The minimum Gasteiger partial charge on any atom is -0.430 e. The van der Waals surface area contributed by atoms with Gasteiger partial charge in [-0.2, -0.15) is 0 Å². The van der Waals surface area contributed by atoms with Gasteiger partial charge in [-0.25, -0.2) is 4.79 Å². The summed E-state index contributed by atoms with van der Waals surface area (Å²) in [6.45, 7) is 3.48. The van der Waals surface area contributed by atoms with Gasteiger partial charge in [0, 0.05) is 55.0 Å². The molecule has 2 aromatic rings. The highest BCUT2D eigenvalue weighted by atomic mass is 16.8. The van der Waals surface area contributed by atoms with E-state index in [1.54, 1.807) is 11.1 Å². The number of amides is 1. The average Bonchev–Trinajstić information content (AvgIpc) is 3.24. The first-order chi connectivity index (χ1) is 13.5. The molecule has 4 rings (SSSR count). The Morgan fingerprint density at radius 2 is 1.93 bits per heavy atom. The van der Waals surface area contributed by atoms with E-state index in [4.69, 9.17) is 9.47 Å². The molecule has 0 aliphatic carbocycles. The number of fused-ring (bicyclic) bond motifs is 1. The molecule has 0 bridgehead atoms. The summed E-state index contributed by atoms with van der Waals surface area (Å²) in [6.07, 6.45) is 3.63. The maximum Gasteiger partial charge on any atom is 0.509 e. The summed E-state index contributed by atoms with van der Waals surface area (Å²) in [5, 5.41) is 0.890. The van der Waals surface area contributed by atoms with E-state index in [0.29, 0.717) is 37.9 Å². The third kappa shape index (κ3) is 3.37. The Labute approximate surface area is 163 Å². The molecule has 2 saturated heterocycles. The maximum atomic E-state index is 12.9. The van der Waals surface area contributed by atoms with Gasteiger partial charge in [0.25, 0.3) is 0 Å². The van der Waals surface area contributed by atoms with Gasteiger partial charge < -0.3 is 18.9 Å². The third-order valence-corrected chi connectivity index (χ3v) is 5.65. The van der Waals surface area contributed by atoms with Crippen LogP contribution in [0.1, 0.15) is 43.0 Å². The van der Waals surface area contributed by atoms with E-state index in [2.05, 4.69) is 0 Å². The number of carbonyl (C=O) groups excluding carboxylic acids is 3. The van der Waals surface area contributed by atoms with Crippen LogP contribution in [0, 0.1) is 0 Å². The molecule has 1 aromatic heterocycles. The van der Waals surface area contributed by atoms with Gasteiger partial charge in [0.2, 0.25) is 5.91 Å². The molecule has 2 aliphatic rings. The van der Waals surface area contributed by atoms with Gasteiger partial charge in [-0.05, 0) is 12.5 Å². The second-order valence-corrected chi connectivity index (χ2v) is 7.57. The second-order valence-electron chi connectivity index (χ2n) is 7.57. The number of nitrogens with zero attached hydrogens (tertiary/aromatic N) is 2. The number of benzene rings is 1. The molecule has 0 saturated carbocycles. The summed E-state index contributed by atoms with van der Waals surface area (Å²) in [6, 6.07) is 7.69. The maximum absolute atomic E-state index is 12.9. The largest absolute Gasteiger partial charge is 0.509 e. The summed E-state index contributed by atoms with van der Waals surface area (Å²) in [5.74, 6) is 0.100. The molecule has 28 heavy (non-hydrogen) atoms. The molecule has 1 amide bonds. The monoisotopic (exact) mass is 384 g/mol. The number of likely N-dealkylation sites (tertiary alicyclic amines) is 1. The highest BCUT2D eigenvalue weighted by molar-refractivity contribution is 6.08. The number of ether oxygens (including phenoxy) is 2. The molecule has 1 spiro atoms. The predicted octanol–water partition coefficient (Wildman–Crippen LogP) is 3.15. The van der Waals surface area contributed by atoms with Crippen molar-refractivity contribution in [3.8, 4) is 0 Å². The Hall–Kier alpha value is -2.83. The van der Waals surface area contributed by atoms with Crippen LogP contribution >= 0.6 is 0 Å². The molecule has 0 N–H and O–H groups in total. The molecule has 7 nitrogen and oxygen atoms in total. The highest BCUT2D eigenvalue weighted by Gasteiger charge is 2.45. The Bertz CT molecular complexity index is 924. The molecule has 1 aromatic carbocycles. The van der Waals surface area contributed by atoms with E-state index in [9.17, 15) is 14.4 Å². The lowest BCUT2D eigenvalue weighted by molar-refractivity contribution is -0.135. The lowest BCUT2D eigenvalue weighted by Crippen LogP contribution is -2.48. The molecular weight excluding hydrogens is 360 g/mol. The number of para-hydroxylation sites is 1. The quantitative estimate of drug-likeness (QED) is 0.585. The molecule has 0 unspecified atom stereocenters. The minimum atomic E-state index is -0.622. The normalized spacial score (nSPS) is 18.3. The predicted molar refractivity (Wildman–Crippen MR) is 102 cm³/mol. The summed E-state index contributed by atoms with van der Waals surface area (Å²) in [5.41, 5.74) is 0.994. The van der Waals surface area contributed by atoms with Crippen molar-refractivity contribution >= 4 is 28.7 Å². The van der Waals surface area contributed by atoms with Crippen molar-refractivity contribution in [2.45, 2.75) is 44.8 Å². The van der Waals surface area contributed by atoms with Crippen LogP contribution < -0.4 is 0 Å². The standard InChI is InChI=1S/C21H24N2O5/c1-2-5-18(24)16-12-23(17-7-4-3-6-15(16)17)13-19(25)22-10-8-21(9-11-22)14-27-20(26)28-21/h3-4,6-7,12H,2,5,8-11,13-14H2,1H3. The number of hydrogen-bond donors (Lipinski definition) is 0. The molecular formula is C21H24N2O5. The first-order valence-electron chi connectivity index (χ1n) is 9.76. The molecule has 0 atom stereocenters. The zero-order valence-electron chi connectivity index (χ0n) is 16.0. The molecule has 148 valence electrons. The van der Waals surface area contributed by atoms with Gasteiger partial charge in [-0.3, -0.25) is 9.59 Å². The zero-order chi connectivity index (χ0) is 19.7. The van der Waals surface area contributed by atoms with Crippen LogP contribution in [0.2, 0.25) is 0 Å². The molecule has 0 radical (unpaired) electrons. The van der Waals surface area contributed by atoms with E-state index < -0.39 is 11.8 Å². The average molecular weight is 384 g/mol. The van der Waals surface area contributed by atoms with Crippen LogP contribution in [0.3, 0.4) is 0 Å². The number of cyclic esters (lactones) is 1. The number of hydrogen-bond acceptors (Lipinski definition) is 5. The van der Waals surface area contributed by atoms with Crippen LogP contribution in [0.15, 0.2) is 30.5 Å². The van der Waals surface area contributed by atoms with Gasteiger partial charge in [0.1, 0.15) is 13.2 Å². The first kappa shape index (κ1) is 18.5. The van der Waals surface area contributed by atoms with Gasteiger partial charge in [-0.15, -0.1) is 0 Å². The van der Waals surface area contributed by atoms with Crippen LogP contribution in [0.5, 0.6) is 0 Å². The van der Waals surface area contributed by atoms with Crippen molar-refractivity contribution in [3.05, 3.63) is 36.0 Å². The molecule has 3 heterocycles. The first-order valence-corrected chi connectivity index (χ1v) is 9.76. The molecule has 7 heteroatoms. The van der Waals surface area contributed by atoms with E-state index in [0.717, 1.165) is 17.3 Å². The van der Waals surface area contributed by atoms with Gasteiger partial charge in [-0.1, -0.05) is 25.1 Å². The summed E-state index contributed by atoms with van der Waals surface area (Å²) in [4.78, 5) is 38.4. The number of aromatic nitrogens is 1. The Balaban J connectivity index is 1.48. The number of ketones is 1. The third-order valence-electron chi connectivity index (χ3n) is 5.65. The van der Waals surface area contributed by atoms with E-state index >= 15 is 0 Å². The van der Waals surface area contributed by atoms with Gasteiger partial charge in [0.05, 0.1) is 0 Å². The topological polar surface area (TPSA) is 77.8 Å². The van der Waals surface area contributed by atoms with Crippen molar-refractivity contribution in [1.82, 2.24) is 9.47 Å². The number of carbonyl (C=O) groups is 3. The van der Waals surface area contributed by atoms with E-state index in [-0.39, 0.29) is 24.8 Å². The van der Waals surface area contributed by atoms with E-state index in [1.165, 1.54) is 0 Å². The van der Waals surface area contributed by atoms with Crippen molar-refractivity contribution in [1.29, 1.82) is 0 Å². The number of Topliss-reactive ketones (excluding diaryl/α,β-unsaturated/α-hetero) is 1. The lowest BCUT2D eigenvalue weighted by atomic mass is 9.92. The Morgan fingerprint density at radius 1 is 1.18 bits per heavy atom. The summed E-state index contributed by atoms with van der Waals surface area (Å²) < 4.78 is 12.1. The van der Waals surface area contributed by atoms with Crippen LogP contribution in [-0.2, 0) is 20.8 Å². The summed E-state index contributed by atoms with van der Waals surface area (Å²) in [7, 11) is 0. The van der Waals surface area contributed by atoms with Crippen molar-refractivity contribution in [2.24, 2.45) is 0 Å². The van der Waals surface area contributed by atoms with Crippen molar-refractivity contribution in [2.75, 3.05) is 19.7 Å². The Kier molecular flexibility index (Phi) is 4.83. The fourth-order valence-electron chi connectivity index (χ4n) is 4.04. The smallest absolute Gasteiger partial charge is 0.430 e. The SMILES string of the molecule is CCCC(=O)c1cn(CC(=O)N2CCC3(CC2)COC(=O)O3)c2ccccc12. The number of rotatable bonds is 5. The minimum absolute atomic E-state index is 0.00432. The van der Waals surface area contributed by atoms with Gasteiger partial charge >= 0.3 is 6.16 Å². The van der Waals surface area contributed by atoms with Crippen molar-refractivity contribution < 1.29 is 23.9 Å². The molecule has 2 fully saturated rings. The fourth-order valence-corrected chi connectivity index (χ4v) is 4.04. The number of piperidine rings is 1. The van der Waals surface area contributed by atoms with Gasteiger partial charge in [0.15, 0.2) is 11.4 Å². The lowest BCUT2D eigenvalue weighted by Gasteiger charge is -2.36. The highest BCUT2D eigenvalue weighted by Crippen LogP contribution is 2.32. The zero-order valence-corrected chi connectivity index (χ0v) is 16.0. The van der Waals surface area contributed by atoms with E-state index in [1.807, 2.05) is 35.8 Å². The second kappa shape index (κ2) is 7.30. The van der Waals surface area contributed by atoms with Crippen molar-refractivity contribution in [3.63, 3.8) is 0 Å². The summed E-state index contributed by atoms with van der Waals surface area (Å²) >= 11 is 0. The Morgan fingerprint density at radius 3 is 2.61 bits per heavy atom. The van der Waals surface area contributed by atoms with Crippen LogP contribution in [-0.4, -0.2) is 52.6 Å². The van der Waals surface area contributed by atoms with Crippen LogP contribution in [0.4, 0.5) is 4.79 Å².